The minimum absolute atomic E-state index is 0.0656. The highest BCUT2D eigenvalue weighted by molar-refractivity contribution is 7.99. The number of rotatable bonds is 4. The predicted octanol–water partition coefficient (Wildman–Crippen LogP) is 3.45. The molecule has 7 nitrogen and oxygen atoms in total. The molecule has 2 amide bonds. The Kier molecular flexibility index (Phi) is 6.02. The molecular formula is C20H23N3O4S2. The van der Waals surface area contributed by atoms with E-state index in [9.17, 15) is 18.0 Å². The van der Waals surface area contributed by atoms with Gasteiger partial charge in [0.25, 0.3) is 5.91 Å². The zero-order chi connectivity index (χ0) is 21.2. The number of carbonyl (C=O) groups excluding carboxylic acids is 2. The number of fused-ring (bicyclic) bond motifs is 1. The molecule has 0 aliphatic carbocycles. The summed E-state index contributed by atoms with van der Waals surface area (Å²) in [5.74, 6) is 0.210. The monoisotopic (exact) mass is 433 g/mol. The average Bonchev–Trinajstić information content (AvgIpc) is 2.79. The largest absolute Gasteiger partial charge is 0.325 e. The van der Waals surface area contributed by atoms with Gasteiger partial charge in [-0.2, -0.15) is 0 Å². The molecule has 3 rings (SSSR count). The number of benzene rings is 2. The van der Waals surface area contributed by atoms with E-state index in [-0.39, 0.29) is 10.8 Å². The summed E-state index contributed by atoms with van der Waals surface area (Å²) in [6.45, 7) is 5.27. The summed E-state index contributed by atoms with van der Waals surface area (Å²) in [5.41, 5.74) is 0.714. The van der Waals surface area contributed by atoms with Crippen LogP contribution < -0.4 is 15.4 Å². The Bertz CT molecular complexity index is 1060. The maximum Gasteiger partial charge on any atom is 0.255 e. The van der Waals surface area contributed by atoms with Crippen LogP contribution in [0.2, 0.25) is 0 Å². The molecule has 1 aliphatic heterocycles. The Morgan fingerprint density at radius 3 is 2.62 bits per heavy atom. The van der Waals surface area contributed by atoms with Crippen molar-refractivity contribution >= 4 is 45.0 Å². The van der Waals surface area contributed by atoms with Crippen molar-refractivity contribution in [2.45, 2.75) is 42.5 Å². The molecule has 0 spiro atoms. The summed E-state index contributed by atoms with van der Waals surface area (Å²) in [5, 5.41) is 5.52. The fourth-order valence-corrected chi connectivity index (χ4v) is 5.17. The predicted molar refractivity (Wildman–Crippen MR) is 115 cm³/mol. The van der Waals surface area contributed by atoms with E-state index >= 15 is 0 Å². The van der Waals surface area contributed by atoms with Gasteiger partial charge in [0.2, 0.25) is 15.9 Å². The zero-order valence-electron chi connectivity index (χ0n) is 16.4. The smallest absolute Gasteiger partial charge is 0.255 e. The lowest BCUT2D eigenvalue weighted by Crippen LogP contribution is -2.40. The van der Waals surface area contributed by atoms with Crippen molar-refractivity contribution in [3.63, 3.8) is 0 Å². The Morgan fingerprint density at radius 2 is 1.90 bits per heavy atom. The number of amides is 2. The molecule has 0 unspecified atom stereocenters. The number of anilines is 2. The minimum atomic E-state index is -3.71. The van der Waals surface area contributed by atoms with Gasteiger partial charge in [-0.3, -0.25) is 9.59 Å². The molecule has 1 aliphatic rings. The van der Waals surface area contributed by atoms with E-state index in [4.69, 9.17) is 0 Å². The maximum atomic E-state index is 12.7. The Labute approximate surface area is 174 Å². The van der Waals surface area contributed by atoms with Gasteiger partial charge in [-0.15, -0.1) is 11.8 Å². The summed E-state index contributed by atoms with van der Waals surface area (Å²) in [4.78, 5) is 25.4. The number of carbonyl (C=O) groups is 2. The van der Waals surface area contributed by atoms with E-state index in [0.717, 1.165) is 4.90 Å². The summed E-state index contributed by atoms with van der Waals surface area (Å²) < 4.78 is 27.6. The second-order valence-corrected chi connectivity index (χ2v) is 10.5. The first-order valence-corrected chi connectivity index (χ1v) is 11.5. The number of sulfonamides is 1. The SMILES string of the molecule is CC(C)(C)NS(=O)(=O)c1cccc(NC(=O)c2ccc3c(c2)NC(=O)CCS3)c1. The quantitative estimate of drug-likeness (QED) is 0.685. The van der Waals surface area contributed by atoms with Crippen molar-refractivity contribution in [1.29, 1.82) is 0 Å². The van der Waals surface area contributed by atoms with Gasteiger partial charge in [-0.25, -0.2) is 13.1 Å². The van der Waals surface area contributed by atoms with Crippen molar-refractivity contribution in [3.8, 4) is 0 Å². The topological polar surface area (TPSA) is 104 Å². The Morgan fingerprint density at radius 1 is 1.14 bits per heavy atom. The van der Waals surface area contributed by atoms with Crippen LogP contribution in [0.25, 0.3) is 0 Å². The molecule has 9 heteroatoms. The van der Waals surface area contributed by atoms with Gasteiger partial charge in [0.15, 0.2) is 0 Å². The lowest BCUT2D eigenvalue weighted by molar-refractivity contribution is -0.115. The second kappa shape index (κ2) is 8.17. The van der Waals surface area contributed by atoms with Gasteiger partial charge in [-0.1, -0.05) is 6.07 Å². The normalized spacial score (nSPS) is 14.5. The van der Waals surface area contributed by atoms with Crippen LogP contribution in [-0.2, 0) is 14.8 Å². The van der Waals surface area contributed by atoms with Gasteiger partial charge < -0.3 is 10.6 Å². The van der Waals surface area contributed by atoms with E-state index < -0.39 is 21.5 Å². The molecule has 29 heavy (non-hydrogen) atoms. The third-order valence-corrected chi connectivity index (χ3v) is 6.78. The molecular weight excluding hydrogens is 410 g/mol. The molecule has 2 aromatic carbocycles. The Hall–Kier alpha value is -2.36. The van der Waals surface area contributed by atoms with Crippen molar-refractivity contribution in [1.82, 2.24) is 4.72 Å². The van der Waals surface area contributed by atoms with Crippen molar-refractivity contribution < 1.29 is 18.0 Å². The van der Waals surface area contributed by atoms with Gasteiger partial charge >= 0.3 is 0 Å². The highest BCUT2D eigenvalue weighted by Gasteiger charge is 2.22. The van der Waals surface area contributed by atoms with Crippen LogP contribution in [0, 0.1) is 0 Å². The van der Waals surface area contributed by atoms with Crippen LogP contribution in [-0.4, -0.2) is 31.5 Å². The molecule has 1 heterocycles. The second-order valence-electron chi connectivity index (χ2n) is 7.70. The van der Waals surface area contributed by atoms with Crippen LogP contribution in [0.4, 0.5) is 11.4 Å². The summed E-state index contributed by atoms with van der Waals surface area (Å²) in [6.07, 6.45) is 0.421. The molecule has 0 atom stereocenters. The van der Waals surface area contributed by atoms with E-state index in [2.05, 4.69) is 15.4 Å². The fourth-order valence-electron chi connectivity index (χ4n) is 2.77. The lowest BCUT2D eigenvalue weighted by Gasteiger charge is -2.20. The third-order valence-electron chi connectivity index (χ3n) is 3.95. The third kappa shape index (κ3) is 5.59. The Balaban J connectivity index is 1.81. The minimum Gasteiger partial charge on any atom is -0.325 e. The number of thioether (sulfide) groups is 1. The van der Waals surface area contributed by atoms with E-state index in [1.54, 1.807) is 62.9 Å². The molecule has 0 fully saturated rings. The number of hydrogen-bond acceptors (Lipinski definition) is 5. The molecule has 3 N–H and O–H groups in total. The summed E-state index contributed by atoms with van der Waals surface area (Å²) in [7, 11) is -3.71. The average molecular weight is 434 g/mol. The van der Waals surface area contributed by atoms with Crippen molar-refractivity contribution in [3.05, 3.63) is 48.0 Å². The van der Waals surface area contributed by atoms with Crippen LogP contribution in [0.1, 0.15) is 37.6 Å². The maximum absolute atomic E-state index is 12.7. The molecule has 0 aromatic heterocycles. The molecule has 0 bridgehead atoms. The molecule has 0 radical (unpaired) electrons. The first-order chi connectivity index (χ1) is 13.5. The zero-order valence-corrected chi connectivity index (χ0v) is 18.0. The lowest BCUT2D eigenvalue weighted by atomic mass is 10.1. The molecule has 0 saturated carbocycles. The van der Waals surface area contributed by atoms with Gasteiger partial charge in [0.1, 0.15) is 0 Å². The molecule has 0 saturated heterocycles. The highest BCUT2D eigenvalue weighted by Crippen LogP contribution is 2.31. The molecule has 2 aromatic rings. The van der Waals surface area contributed by atoms with E-state index in [0.29, 0.717) is 29.1 Å². The first-order valence-electron chi connectivity index (χ1n) is 9.06. The van der Waals surface area contributed by atoms with Gasteiger partial charge in [0.05, 0.1) is 10.6 Å². The van der Waals surface area contributed by atoms with Crippen LogP contribution in [0.3, 0.4) is 0 Å². The van der Waals surface area contributed by atoms with Crippen molar-refractivity contribution in [2.24, 2.45) is 0 Å². The first kappa shape index (κ1) is 21.4. The van der Waals surface area contributed by atoms with Gasteiger partial charge in [-0.05, 0) is 57.2 Å². The van der Waals surface area contributed by atoms with Gasteiger partial charge in [0, 0.05) is 33.9 Å². The van der Waals surface area contributed by atoms with Crippen LogP contribution in [0.15, 0.2) is 52.3 Å². The standard InChI is InChI=1S/C20H23N3O4S2/c1-20(2,3)23-29(26,27)15-6-4-5-14(12-15)21-19(25)13-7-8-17-16(11-13)22-18(24)9-10-28-17/h4-8,11-12,23H,9-10H2,1-3H3,(H,21,25)(H,22,24). The highest BCUT2D eigenvalue weighted by atomic mass is 32.2. The van der Waals surface area contributed by atoms with Crippen LogP contribution >= 0.6 is 11.8 Å². The molecule has 154 valence electrons. The van der Waals surface area contributed by atoms with E-state index in [1.165, 1.54) is 12.1 Å². The summed E-state index contributed by atoms with van der Waals surface area (Å²) in [6, 6.07) is 11.2. The number of hydrogen-bond donors (Lipinski definition) is 3. The van der Waals surface area contributed by atoms with Crippen molar-refractivity contribution in [2.75, 3.05) is 16.4 Å². The fraction of sp³-hybridized carbons (Fsp3) is 0.300. The summed E-state index contributed by atoms with van der Waals surface area (Å²) >= 11 is 1.56. The van der Waals surface area contributed by atoms with E-state index in [1.807, 2.05) is 0 Å². The number of nitrogens with one attached hydrogen (secondary N) is 3. The van der Waals surface area contributed by atoms with Crippen LogP contribution in [0.5, 0.6) is 0 Å².